The van der Waals surface area contributed by atoms with Crippen molar-refractivity contribution >= 4 is 5.69 Å². The highest BCUT2D eigenvalue weighted by Crippen LogP contribution is 2.46. The molecule has 1 aromatic rings. The lowest BCUT2D eigenvalue weighted by Crippen LogP contribution is -2.56. The van der Waals surface area contributed by atoms with Gasteiger partial charge in [0.05, 0.1) is 24.9 Å². The van der Waals surface area contributed by atoms with E-state index in [0.717, 1.165) is 30.7 Å². The molecule has 0 heterocycles. The number of aliphatic hydroxyl groups is 1. The van der Waals surface area contributed by atoms with Crippen LogP contribution in [0.5, 0.6) is 5.75 Å². The van der Waals surface area contributed by atoms with E-state index in [4.69, 9.17) is 4.74 Å². The molecule has 1 aliphatic carbocycles. The minimum Gasteiger partial charge on any atom is -0.495 e. The van der Waals surface area contributed by atoms with Crippen molar-refractivity contribution in [2.75, 3.05) is 19.0 Å². The second-order valence-electron chi connectivity index (χ2n) is 6.16. The first kappa shape index (κ1) is 14.2. The molecule has 1 unspecified atom stereocenters. The number of methoxy groups -OCH3 is 1. The molecule has 1 saturated carbocycles. The molecule has 0 saturated heterocycles. The van der Waals surface area contributed by atoms with E-state index in [1.165, 1.54) is 6.42 Å². The van der Waals surface area contributed by atoms with E-state index >= 15 is 0 Å². The predicted molar refractivity (Wildman–Crippen MR) is 78.7 cm³/mol. The molecule has 1 aromatic carbocycles. The third-order valence-electron chi connectivity index (χ3n) is 4.70. The van der Waals surface area contributed by atoms with Gasteiger partial charge in [0.1, 0.15) is 5.75 Å². The van der Waals surface area contributed by atoms with Crippen LogP contribution in [0.2, 0.25) is 0 Å². The van der Waals surface area contributed by atoms with Crippen LogP contribution in [0, 0.1) is 5.41 Å². The molecule has 0 spiro atoms. The number of para-hydroxylation sites is 2. The largest absolute Gasteiger partial charge is 0.495 e. The molecule has 0 radical (unpaired) electrons. The minimum atomic E-state index is -0.264. The van der Waals surface area contributed by atoms with Crippen LogP contribution in [0.3, 0.4) is 0 Å². The fraction of sp³-hybridized carbons (Fsp3) is 0.625. The quantitative estimate of drug-likeness (QED) is 0.874. The molecule has 0 amide bonds. The van der Waals surface area contributed by atoms with Crippen molar-refractivity contribution in [1.82, 2.24) is 0 Å². The zero-order valence-corrected chi connectivity index (χ0v) is 12.2. The average molecular weight is 263 g/mol. The van der Waals surface area contributed by atoms with E-state index in [0.29, 0.717) is 0 Å². The number of anilines is 1. The molecule has 3 heteroatoms. The van der Waals surface area contributed by atoms with E-state index in [1.54, 1.807) is 7.11 Å². The van der Waals surface area contributed by atoms with Gasteiger partial charge >= 0.3 is 0 Å². The van der Waals surface area contributed by atoms with Gasteiger partial charge in [-0.2, -0.15) is 0 Å². The number of rotatable bonds is 4. The van der Waals surface area contributed by atoms with Crippen LogP contribution < -0.4 is 10.1 Å². The van der Waals surface area contributed by atoms with Gasteiger partial charge < -0.3 is 15.2 Å². The van der Waals surface area contributed by atoms with Gasteiger partial charge in [0, 0.05) is 0 Å². The third kappa shape index (κ3) is 2.57. The normalized spacial score (nSPS) is 25.9. The van der Waals surface area contributed by atoms with Crippen LogP contribution in [-0.2, 0) is 0 Å². The van der Waals surface area contributed by atoms with E-state index in [1.807, 2.05) is 24.3 Å². The lowest BCUT2D eigenvalue weighted by Gasteiger charge is -2.50. The SMILES string of the molecule is COc1ccccc1NC1(CO)CCCCC1(C)C. The maximum absolute atomic E-state index is 10.00. The highest BCUT2D eigenvalue weighted by atomic mass is 16.5. The van der Waals surface area contributed by atoms with Crippen molar-refractivity contribution < 1.29 is 9.84 Å². The lowest BCUT2D eigenvalue weighted by atomic mass is 9.63. The van der Waals surface area contributed by atoms with Gasteiger partial charge in [-0.15, -0.1) is 0 Å². The zero-order chi connectivity index (χ0) is 13.9. The molecule has 19 heavy (non-hydrogen) atoms. The molecule has 0 bridgehead atoms. The Morgan fingerprint density at radius 1 is 1.21 bits per heavy atom. The Bertz CT molecular complexity index is 431. The van der Waals surface area contributed by atoms with Gasteiger partial charge in [-0.3, -0.25) is 0 Å². The van der Waals surface area contributed by atoms with Gasteiger partial charge in [-0.1, -0.05) is 38.8 Å². The summed E-state index contributed by atoms with van der Waals surface area (Å²) in [5.41, 5.74) is 0.773. The number of aliphatic hydroxyl groups excluding tert-OH is 1. The lowest BCUT2D eigenvalue weighted by molar-refractivity contribution is 0.0578. The smallest absolute Gasteiger partial charge is 0.141 e. The molecule has 3 nitrogen and oxygen atoms in total. The first-order chi connectivity index (χ1) is 9.04. The summed E-state index contributed by atoms with van der Waals surface area (Å²) in [7, 11) is 1.68. The van der Waals surface area contributed by atoms with Crippen LogP contribution in [-0.4, -0.2) is 24.4 Å². The van der Waals surface area contributed by atoms with Crippen molar-refractivity contribution in [2.24, 2.45) is 5.41 Å². The summed E-state index contributed by atoms with van der Waals surface area (Å²) in [6.45, 7) is 4.63. The standard InChI is InChI=1S/C16H25NO2/c1-15(2)10-6-7-11-16(15,12-18)17-13-8-4-5-9-14(13)19-3/h4-5,8-9,17-18H,6-7,10-12H2,1-3H3. The summed E-state index contributed by atoms with van der Waals surface area (Å²) in [6.07, 6.45) is 4.53. The van der Waals surface area contributed by atoms with Crippen molar-refractivity contribution in [3.8, 4) is 5.75 Å². The van der Waals surface area contributed by atoms with Crippen LogP contribution in [0.4, 0.5) is 5.69 Å². The van der Waals surface area contributed by atoms with Gasteiger partial charge in [0.15, 0.2) is 0 Å². The fourth-order valence-electron chi connectivity index (χ4n) is 3.14. The van der Waals surface area contributed by atoms with Gasteiger partial charge in [-0.25, -0.2) is 0 Å². The molecule has 0 aliphatic heterocycles. The zero-order valence-electron chi connectivity index (χ0n) is 12.2. The van der Waals surface area contributed by atoms with Crippen LogP contribution in [0.1, 0.15) is 39.5 Å². The first-order valence-electron chi connectivity index (χ1n) is 7.07. The third-order valence-corrected chi connectivity index (χ3v) is 4.70. The summed E-state index contributed by atoms with van der Waals surface area (Å²) >= 11 is 0. The van der Waals surface area contributed by atoms with Crippen LogP contribution >= 0.6 is 0 Å². The molecule has 2 rings (SSSR count). The molecular weight excluding hydrogens is 238 g/mol. The highest BCUT2D eigenvalue weighted by Gasteiger charge is 2.46. The first-order valence-corrected chi connectivity index (χ1v) is 7.07. The van der Waals surface area contributed by atoms with Crippen molar-refractivity contribution in [3.63, 3.8) is 0 Å². The Morgan fingerprint density at radius 2 is 1.89 bits per heavy atom. The monoisotopic (exact) mass is 263 g/mol. The van der Waals surface area contributed by atoms with Crippen LogP contribution in [0.15, 0.2) is 24.3 Å². The minimum absolute atomic E-state index is 0.0703. The highest BCUT2D eigenvalue weighted by molar-refractivity contribution is 5.58. The second-order valence-corrected chi connectivity index (χ2v) is 6.16. The van der Waals surface area contributed by atoms with E-state index in [-0.39, 0.29) is 17.6 Å². The van der Waals surface area contributed by atoms with E-state index in [9.17, 15) is 5.11 Å². The molecule has 2 N–H and O–H groups in total. The van der Waals surface area contributed by atoms with E-state index < -0.39 is 0 Å². The molecule has 106 valence electrons. The maximum Gasteiger partial charge on any atom is 0.141 e. The van der Waals surface area contributed by atoms with Crippen molar-refractivity contribution in [1.29, 1.82) is 0 Å². The van der Waals surface area contributed by atoms with Crippen molar-refractivity contribution in [3.05, 3.63) is 24.3 Å². The number of benzene rings is 1. The number of nitrogens with one attached hydrogen (secondary N) is 1. The number of ether oxygens (including phenoxy) is 1. The molecule has 1 fully saturated rings. The fourth-order valence-corrected chi connectivity index (χ4v) is 3.14. The van der Waals surface area contributed by atoms with Gasteiger partial charge in [-0.05, 0) is 30.4 Å². The average Bonchev–Trinajstić information content (AvgIpc) is 2.41. The summed E-state index contributed by atoms with van der Waals surface area (Å²) in [5, 5.41) is 13.6. The Balaban J connectivity index is 2.32. The Labute approximate surface area is 116 Å². The summed E-state index contributed by atoms with van der Waals surface area (Å²) < 4.78 is 5.40. The topological polar surface area (TPSA) is 41.5 Å². The predicted octanol–water partition coefficient (Wildman–Crippen LogP) is 3.44. The number of hydrogen-bond donors (Lipinski definition) is 2. The summed E-state index contributed by atoms with van der Waals surface area (Å²) in [4.78, 5) is 0. The summed E-state index contributed by atoms with van der Waals surface area (Å²) in [5.74, 6) is 0.830. The van der Waals surface area contributed by atoms with Crippen molar-refractivity contribution in [2.45, 2.75) is 45.1 Å². The molecule has 0 aromatic heterocycles. The molecule has 1 aliphatic rings. The molecular formula is C16H25NO2. The second kappa shape index (κ2) is 5.41. The molecule has 1 atom stereocenters. The maximum atomic E-state index is 10.00. The number of hydrogen-bond acceptors (Lipinski definition) is 3. The Morgan fingerprint density at radius 3 is 2.53 bits per heavy atom. The summed E-state index contributed by atoms with van der Waals surface area (Å²) in [6, 6.07) is 7.91. The van der Waals surface area contributed by atoms with Crippen LogP contribution in [0.25, 0.3) is 0 Å². The Hall–Kier alpha value is -1.22. The van der Waals surface area contributed by atoms with E-state index in [2.05, 4.69) is 19.2 Å². The van der Waals surface area contributed by atoms with Gasteiger partial charge in [0.25, 0.3) is 0 Å². The Kier molecular flexibility index (Phi) is 4.04. The van der Waals surface area contributed by atoms with Gasteiger partial charge in [0.2, 0.25) is 0 Å².